The first-order valence-electron chi connectivity index (χ1n) is 6.22. The highest BCUT2D eigenvalue weighted by Gasteiger charge is 2.26. The van der Waals surface area contributed by atoms with Gasteiger partial charge >= 0.3 is 0 Å². The van der Waals surface area contributed by atoms with Crippen molar-refractivity contribution >= 4 is 21.5 Å². The van der Waals surface area contributed by atoms with Crippen LogP contribution in [0.15, 0.2) is 41.8 Å². The van der Waals surface area contributed by atoms with Gasteiger partial charge in [0.1, 0.15) is 5.65 Å². The second-order valence-electron chi connectivity index (χ2n) is 4.61. The monoisotopic (exact) mass is 306 g/mol. The Balaban J connectivity index is 2.03. The summed E-state index contributed by atoms with van der Waals surface area (Å²) in [5, 5.41) is 6.38. The van der Waals surface area contributed by atoms with Crippen molar-refractivity contribution in [3.05, 3.63) is 42.4 Å². The van der Waals surface area contributed by atoms with Gasteiger partial charge in [0.15, 0.2) is 10.8 Å². The fraction of sp³-hybridized carbons (Fsp3) is 0.167. The zero-order chi connectivity index (χ0) is 15.0. The number of fused-ring (bicyclic) bond motifs is 1. The van der Waals surface area contributed by atoms with Crippen LogP contribution >= 0.6 is 0 Å². The van der Waals surface area contributed by atoms with Crippen LogP contribution in [0.4, 0.5) is 5.82 Å². The average Bonchev–Trinajstić information content (AvgIpc) is 3.04. The number of hydrogen-bond donors (Lipinski definition) is 3. The molecule has 1 atom stereocenters. The summed E-state index contributed by atoms with van der Waals surface area (Å²) in [6.45, 7) is 1.72. The van der Waals surface area contributed by atoms with Crippen molar-refractivity contribution in [1.29, 1.82) is 0 Å². The number of anilines is 1. The first-order valence-corrected chi connectivity index (χ1v) is 7.71. The average molecular weight is 306 g/mol. The number of aromatic nitrogens is 4. The van der Waals surface area contributed by atoms with Gasteiger partial charge in [-0.2, -0.15) is 5.10 Å². The summed E-state index contributed by atoms with van der Waals surface area (Å²) in [5.74, 6) is -0.0342. The molecule has 1 unspecified atom stereocenters. The Morgan fingerprint density at radius 1 is 1.43 bits per heavy atom. The van der Waals surface area contributed by atoms with E-state index in [1.54, 1.807) is 43.7 Å². The van der Waals surface area contributed by atoms with Crippen LogP contribution < -0.4 is 10.5 Å². The first kappa shape index (κ1) is 13.6. The van der Waals surface area contributed by atoms with E-state index in [4.69, 9.17) is 5.73 Å². The Morgan fingerprint density at radius 3 is 2.95 bits per heavy atom. The second kappa shape index (κ2) is 4.86. The summed E-state index contributed by atoms with van der Waals surface area (Å²) in [4.78, 5) is 4.05. The van der Waals surface area contributed by atoms with Crippen molar-refractivity contribution in [3.63, 3.8) is 0 Å². The zero-order valence-corrected chi connectivity index (χ0v) is 12.0. The van der Waals surface area contributed by atoms with E-state index in [9.17, 15) is 8.42 Å². The number of rotatable bonds is 4. The summed E-state index contributed by atoms with van der Waals surface area (Å²) in [7, 11) is -3.82. The topological polar surface area (TPSA) is 118 Å². The van der Waals surface area contributed by atoms with Crippen molar-refractivity contribution in [3.8, 4) is 0 Å². The molecule has 4 N–H and O–H groups in total. The first-order chi connectivity index (χ1) is 9.99. The lowest BCUT2D eigenvalue weighted by molar-refractivity contribution is 0.562. The van der Waals surface area contributed by atoms with Gasteiger partial charge in [0.2, 0.25) is 0 Å². The van der Waals surface area contributed by atoms with Gasteiger partial charge in [-0.05, 0) is 19.1 Å². The maximum Gasteiger partial charge on any atom is 0.260 e. The standard InChI is InChI=1S/C12H14N6O2S/c1-8(9-6-14-15-7-9)17-21(19,20)12-11(13)16-10-4-2-3-5-18(10)12/h2-8,17H,13H2,1H3,(H,14,15). The molecule has 9 heteroatoms. The van der Waals surface area contributed by atoms with E-state index >= 15 is 0 Å². The Kier molecular flexibility index (Phi) is 3.15. The minimum atomic E-state index is -3.82. The number of nitrogens with zero attached hydrogens (tertiary/aromatic N) is 3. The molecular weight excluding hydrogens is 292 g/mol. The Bertz CT molecular complexity index is 868. The van der Waals surface area contributed by atoms with Crippen LogP contribution in [0.5, 0.6) is 0 Å². The molecule has 0 bridgehead atoms. The molecule has 0 fully saturated rings. The van der Waals surface area contributed by atoms with E-state index in [0.717, 1.165) is 5.56 Å². The number of aromatic amines is 1. The molecule has 0 aliphatic carbocycles. The van der Waals surface area contributed by atoms with Crippen molar-refractivity contribution in [2.45, 2.75) is 18.0 Å². The lowest BCUT2D eigenvalue weighted by atomic mass is 10.2. The SMILES string of the molecule is CC(NS(=O)(=O)c1c(N)nc2ccccn12)c1cn[nH]c1. The Labute approximate surface area is 121 Å². The third-order valence-corrected chi connectivity index (χ3v) is 4.70. The highest BCUT2D eigenvalue weighted by molar-refractivity contribution is 7.89. The molecule has 21 heavy (non-hydrogen) atoms. The lowest BCUT2D eigenvalue weighted by Crippen LogP contribution is -2.28. The van der Waals surface area contributed by atoms with E-state index in [1.807, 2.05) is 0 Å². The molecule has 0 radical (unpaired) electrons. The Hall–Kier alpha value is -2.39. The molecule has 0 aliphatic rings. The minimum Gasteiger partial charge on any atom is -0.381 e. The smallest absolute Gasteiger partial charge is 0.260 e. The fourth-order valence-corrected chi connectivity index (χ4v) is 3.56. The molecule has 3 heterocycles. The minimum absolute atomic E-state index is 0.0342. The lowest BCUT2D eigenvalue weighted by Gasteiger charge is -2.12. The summed E-state index contributed by atoms with van der Waals surface area (Å²) < 4.78 is 29.1. The molecule has 0 aliphatic heterocycles. The molecule has 3 rings (SSSR count). The predicted octanol–water partition coefficient (Wildman–Crippen LogP) is 0.679. The van der Waals surface area contributed by atoms with Gasteiger partial charge in [-0.25, -0.2) is 18.1 Å². The molecular formula is C12H14N6O2S. The van der Waals surface area contributed by atoms with E-state index < -0.39 is 16.1 Å². The van der Waals surface area contributed by atoms with E-state index in [2.05, 4.69) is 19.9 Å². The van der Waals surface area contributed by atoms with E-state index in [1.165, 1.54) is 4.40 Å². The summed E-state index contributed by atoms with van der Waals surface area (Å²) in [5.41, 5.74) is 6.97. The second-order valence-corrected chi connectivity index (χ2v) is 6.23. The van der Waals surface area contributed by atoms with Gasteiger partial charge in [-0.3, -0.25) is 9.50 Å². The van der Waals surface area contributed by atoms with Crippen molar-refractivity contribution in [2.75, 3.05) is 5.73 Å². The summed E-state index contributed by atoms with van der Waals surface area (Å²) in [6.07, 6.45) is 4.80. The number of sulfonamides is 1. The number of imidazole rings is 1. The van der Waals surface area contributed by atoms with Gasteiger partial charge in [0.25, 0.3) is 10.0 Å². The zero-order valence-electron chi connectivity index (χ0n) is 11.2. The molecule has 0 aromatic carbocycles. The maximum absolute atomic E-state index is 12.6. The van der Waals surface area contributed by atoms with Crippen LogP contribution in [0.1, 0.15) is 18.5 Å². The van der Waals surface area contributed by atoms with Gasteiger partial charge in [0, 0.05) is 24.0 Å². The van der Waals surface area contributed by atoms with Crippen molar-refractivity contribution < 1.29 is 8.42 Å². The number of nitrogen functional groups attached to an aromatic ring is 1. The van der Waals surface area contributed by atoms with Gasteiger partial charge < -0.3 is 5.73 Å². The Morgan fingerprint density at radius 2 is 2.24 bits per heavy atom. The highest BCUT2D eigenvalue weighted by Crippen LogP contribution is 2.22. The van der Waals surface area contributed by atoms with Crippen LogP contribution in [0, 0.1) is 0 Å². The quantitative estimate of drug-likeness (QED) is 0.655. The maximum atomic E-state index is 12.6. The largest absolute Gasteiger partial charge is 0.381 e. The molecule has 0 saturated heterocycles. The molecule has 8 nitrogen and oxygen atoms in total. The molecule has 0 amide bonds. The van der Waals surface area contributed by atoms with Gasteiger partial charge in [-0.1, -0.05) is 6.07 Å². The summed E-state index contributed by atoms with van der Waals surface area (Å²) in [6, 6.07) is 4.73. The van der Waals surface area contributed by atoms with Crippen molar-refractivity contribution in [2.24, 2.45) is 0 Å². The van der Waals surface area contributed by atoms with Crippen LogP contribution in [-0.2, 0) is 10.0 Å². The number of hydrogen-bond acceptors (Lipinski definition) is 5. The van der Waals surface area contributed by atoms with Crippen LogP contribution in [0.3, 0.4) is 0 Å². The van der Waals surface area contributed by atoms with Gasteiger partial charge in [-0.15, -0.1) is 0 Å². The predicted molar refractivity (Wildman–Crippen MR) is 76.9 cm³/mol. The number of H-pyrrole nitrogens is 1. The normalized spacial score (nSPS) is 13.6. The van der Waals surface area contributed by atoms with Gasteiger partial charge in [0.05, 0.1) is 6.20 Å². The van der Waals surface area contributed by atoms with E-state index in [-0.39, 0.29) is 10.8 Å². The number of nitrogens with one attached hydrogen (secondary N) is 2. The third-order valence-electron chi connectivity index (χ3n) is 3.12. The number of nitrogens with two attached hydrogens (primary N) is 1. The third kappa shape index (κ3) is 2.36. The molecule has 0 saturated carbocycles. The van der Waals surface area contributed by atoms with Crippen LogP contribution in [0.25, 0.3) is 5.65 Å². The molecule has 3 aromatic rings. The van der Waals surface area contributed by atoms with Crippen LogP contribution in [0.2, 0.25) is 0 Å². The van der Waals surface area contributed by atoms with Crippen molar-refractivity contribution in [1.82, 2.24) is 24.3 Å². The van der Waals surface area contributed by atoms with E-state index in [0.29, 0.717) is 5.65 Å². The molecule has 3 aromatic heterocycles. The summed E-state index contributed by atoms with van der Waals surface area (Å²) >= 11 is 0. The number of pyridine rings is 1. The van der Waals surface area contributed by atoms with Crippen LogP contribution in [-0.4, -0.2) is 28.0 Å². The highest BCUT2D eigenvalue weighted by atomic mass is 32.2. The molecule has 0 spiro atoms. The fourth-order valence-electron chi connectivity index (χ4n) is 2.11. The molecule has 110 valence electrons.